The largest absolute Gasteiger partial charge is 0.507 e. The van der Waals surface area contributed by atoms with Gasteiger partial charge in [0, 0.05) is 38.5 Å². The van der Waals surface area contributed by atoms with Crippen molar-refractivity contribution in [3.8, 4) is 78.6 Å². The summed E-state index contributed by atoms with van der Waals surface area (Å²) in [6, 6.07) is 62.8. The zero-order valence-electron chi connectivity index (χ0n) is 35.3. The first-order valence-electron chi connectivity index (χ1n) is 20.6. The van der Waals surface area contributed by atoms with Gasteiger partial charge in [-0.1, -0.05) is 168 Å². The quantitative estimate of drug-likeness (QED) is 0.162. The Kier molecular flexibility index (Phi) is 11.3. The van der Waals surface area contributed by atoms with Gasteiger partial charge >= 0.3 is 0 Å². The predicted octanol–water partition coefficient (Wildman–Crippen LogP) is 14.5. The molecule has 5 heteroatoms. The molecule has 0 saturated carbocycles. The van der Waals surface area contributed by atoms with Crippen LogP contribution in [0.4, 0.5) is 0 Å². The van der Waals surface area contributed by atoms with Gasteiger partial charge in [-0.25, -0.2) is 4.98 Å². The number of para-hydroxylation sites is 1. The fourth-order valence-corrected chi connectivity index (χ4v) is 7.99. The minimum absolute atomic E-state index is 0. The van der Waals surface area contributed by atoms with E-state index in [1.807, 2.05) is 18.3 Å². The first-order chi connectivity index (χ1) is 28.9. The normalized spacial score (nSPS) is 11.7. The second-order valence-corrected chi connectivity index (χ2v) is 17.6. The van der Waals surface area contributed by atoms with E-state index in [4.69, 9.17) is 9.97 Å². The van der Waals surface area contributed by atoms with Crippen LogP contribution < -0.4 is 0 Å². The van der Waals surface area contributed by atoms with Crippen LogP contribution in [0.15, 0.2) is 176 Å². The average molecular weight is 974 g/mol. The maximum absolute atomic E-state index is 11.6. The maximum atomic E-state index is 11.6. The van der Waals surface area contributed by atoms with Crippen LogP contribution in [0.2, 0.25) is 0 Å². The van der Waals surface area contributed by atoms with Crippen molar-refractivity contribution >= 4 is 11.0 Å². The van der Waals surface area contributed by atoms with Crippen molar-refractivity contribution < 1.29 is 26.2 Å². The van der Waals surface area contributed by atoms with E-state index >= 15 is 0 Å². The number of fused-ring (bicyclic) bond motifs is 1. The smallest absolute Gasteiger partial charge is 0.148 e. The predicted molar refractivity (Wildman–Crippen MR) is 249 cm³/mol. The molecule has 0 spiro atoms. The number of aromatic nitrogens is 3. The molecule has 0 aliphatic carbocycles. The van der Waals surface area contributed by atoms with E-state index < -0.39 is 0 Å². The number of hydrogen-bond acceptors (Lipinski definition) is 3. The van der Waals surface area contributed by atoms with Crippen LogP contribution in [0.25, 0.3) is 83.9 Å². The number of benzene rings is 7. The molecule has 0 radical (unpaired) electrons. The molecule has 0 amide bonds. The van der Waals surface area contributed by atoms with Gasteiger partial charge < -0.3 is 5.11 Å². The molecule has 0 aliphatic rings. The van der Waals surface area contributed by atoms with E-state index in [2.05, 4.69) is 204 Å². The Morgan fingerprint density at radius 3 is 1.74 bits per heavy atom. The summed E-state index contributed by atoms with van der Waals surface area (Å²) in [6.45, 7) is 13.3. The maximum Gasteiger partial charge on any atom is 0.148 e. The van der Waals surface area contributed by atoms with E-state index in [1.54, 1.807) is 6.07 Å². The summed E-state index contributed by atoms with van der Waals surface area (Å²) in [5.41, 5.74) is 16.0. The van der Waals surface area contributed by atoms with Crippen molar-refractivity contribution in [1.82, 2.24) is 14.5 Å². The van der Waals surface area contributed by atoms with Gasteiger partial charge in [0.1, 0.15) is 11.6 Å². The van der Waals surface area contributed by atoms with Crippen LogP contribution in [0.5, 0.6) is 5.75 Å². The topological polar surface area (TPSA) is 50.9 Å². The van der Waals surface area contributed by atoms with Gasteiger partial charge in [0.25, 0.3) is 0 Å². The summed E-state index contributed by atoms with van der Waals surface area (Å²) in [4.78, 5) is 10.3. The number of phenolic OH excluding ortho intramolecular Hbond substituents is 1. The molecule has 7 aromatic carbocycles. The van der Waals surface area contributed by atoms with Crippen LogP contribution in [0, 0.1) is 6.07 Å². The second kappa shape index (κ2) is 16.6. The monoisotopic (exact) mass is 973 g/mol. The van der Waals surface area contributed by atoms with Crippen LogP contribution in [0.3, 0.4) is 0 Å². The van der Waals surface area contributed by atoms with Gasteiger partial charge in [-0.2, -0.15) is 0 Å². The van der Waals surface area contributed by atoms with E-state index in [0.29, 0.717) is 11.4 Å². The number of rotatable bonds is 7. The summed E-state index contributed by atoms with van der Waals surface area (Å²) in [5, 5.41) is 11.6. The first kappa shape index (κ1) is 41.4. The first-order valence-corrected chi connectivity index (χ1v) is 20.6. The number of nitrogens with zero attached hydrogens (tertiary/aromatic N) is 3. The number of phenols is 1. The zero-order chi connectivity index (χ0) is 41.6. The molecule has 0 bridgehead atoms. The summed E-state index contributed by atoms with van der Waals surface area (Å²) in [5.74, 6) is 0.855. The average Bonchev–Trinajstić information content (AvgIpc) is 3.66. The van der Waals surface area contributed by atoms with Gasteiger partial charge in [-0.3, -0.25) is 9.55 Å². The summed E-state index contributed by atoms with van der Waals surface area (Å²) < 4.78 is 2.23. The molecule has 0 saturated heterocycles. The second-order valence-electron chi connectivity index (χ2n) is 17.6. The summed E-state index contributed by atoms with van der Waals surface area (Å²) in [6.07, 6.45) is 1.87. The molecule has 304 valence electrons. The Morgan fingerprint density at radius 1 is 0.492 bits per heavy atom. The molecule has 1 N–H and O–H groups in total. The molecule has 2 aromatic heterocycles. The van der Waals surface area contributed by atoms with Gasteiger partial charge in [-0.15, -0.1) is 29.8 Å². The molecule has 0 atom stereocenters. The number of pyridine rings is 1. The molecular formula is C56H48N3OPt-. The minimum Gasteiger partial charge on any atom is -0.507 e. The van der Waals surface area contributed by atoms with Crippen molar-refractivity contribution in [3.63, 3.8) is 0 Å². The Labute approximate surface area is 373 Å². The number of hydrogen-bond donors (Lipinski definition) is 1. The molecule has 61 heavy (non-hydrogen) atoms. The Morgan fingerprint density at radius 2 is 1.07 bits per heavy atom. The Balaban J connectivity index is 0.00000514. The molecule has 0 unspecified atom stereocenters. The van der Waals surface area contributed by atoms with E-state index in [1.165, 1.54) is 16.7 Å². The molecule has 0 fully saturated rings. The van der Waals surface area contributed by atoms with E-state index in [9.17, 15) is 5.11 Å². The fourth-order valence-electron chi connectivity index (χ4n) is 7.99. The van der Waals surface area contributed by atoms with Crippen molar-refractivity contribution in [2.45, 2.75) is 52.4 Å². The molecule has 9 aromatic rings. The van der Waals surface area contributed by atoms with Crippen molar-refractivity contribution in [3.05, 3.63) is 193 Å². The molecular weight excluding hydrogens is 926 g/mol. The van der Waals surface area contributed by atoms with Crippen LogP contribution in [0.1, 0.15) is 52.7 Å². The summed E-state index contributed by atoms with van der Waals surface area (Å²) in [7, 11) is 0. The van der Waals surface area contributed by atoms with E-state index in [-0.39, 0.29) is 37.6 Å². The zero-order valence-corrected chi connectivity index (χ0v) is 37.6. The molecule has 0 aliphatic heterocycles. The molecule has 2 heterocycles. The van der Waals surface area contributed by atoms with Crippen LogP contribution >= 0.6 is 0 Å². The Bertz CT molecular complexity index is 2990. The minimum atomic E-state index is -0.139. The van der Waals surface area contributed by atoms with Crippen LogP contribution in [-0.2, 0) is 31.9 Å². The van der Waals surface area contributed by atoms with E-state index in [0.717, 1.165) is 66.9 Å². The fraction of sp³-hybridized carbons (Fsp3) is 0.143. The number of aromatic hydroxyl groups is 1. The van der Waals surface area contributed by atoms with Gasteiger partial charge in [0.2, 0.25) is 0 Å². The standard InChI is InChI=1S/C56H48N3O.Pt/c1-55(2,3)44-27-29-50(47(35-44)40-17-11-8-12-18-40)59-51-22-14-21-46(53(51)58-54(59)48-36-45(56(4,5)6)28-30-52(48)60)42-19-13-20-43(33-42)49-34-41(31-32-57-49)39-25-23-38(24-26-39)37-15-9-7-10-16-37;/h7-32,34-36,60H,1-6H3;/q-1;. The SMILES string of the molecule is CC(C)(C)c1ccc(O)c(-c2nc3c(-c4[c-]c(-c5cc(-c6ccc(-c7ccccc7)cc6)ccn5)ccc4)cccc3n2-c2ccc(C(C)(C)C)cc2-c2ccccc2)c1.[Pt]. The molecule has 9 rings (SSSR count). The van der Waals surface area contributed by atoms with Gasteiger partial charge in [0.05, 0.1) is 22.3 Å². The molecule has 4 nitrogen and oxygen atoms in total. The van der Waals surface area contributed by atoms with Gasteiger partial charge in [-0.05, 0) is 86.2 Å². The van der Waals surface area contributed by atoms with Crippen molar-refractivity contribution in [1.29, 1.82) is 0 Å². The number of imidazole rings is 1. The van der Waals surface area contributed by atoms with Crippen molar-refractivity contribution in [2.24, 2.45) is 0 Å². The summed E-state index contributed by atoms with van der Waals surface area (Å²) >= 11 is 0. The van der Waals surface area contributed by atoms with Crippen molar-refractivity contribution in [2.75, 3.05) is 0 Å². The third-order valence-corrected chi connectivity index (χ3v) is 11.4. The third kappa shape index (κ3) is 8.26. The Hall–Kier alpha value is -6.35. The van der Waals surface area contributed by atoms with Gasteiger partial charge in [0.15, 0.2) is 0 Å². The van der Waals surface area contributed by atoms with Crippen LogP contribution in [-0.4, -0.2) is 19.6 Å². The third-order valence-electron chi connectivity index (χ3n) is 11.4.